The first kappa shape index (κ1) is 13.2. The zero-order chi connectivity index (χ0) is 13.5. The standard InChI is InChI=1S/C18H19N/c1-15(12-13-19)10-11-16-6-5-9-18(14-16)17-7-3-2-4-8-17/h2-10,12-14H,11,19H2,1H3/b13-12-,15-10-. The molecule has 0 saturated carbocycles. The van der Waals surface area contributed by atoms with Gasteiger partial charge in [0.25, 0.3) is 0 Å². The molecule has 0 aliphatic rings. The van der Waals surface area contributed by atoms with Gasteiger partial charge >= 0.3 is 0 Å². The van der Waals surface area contributed by atoms with Gasteiger partial charge in [-0.3, -0.25) is 0 Å². The number of hydrogen-bond donors (Lipinski definition) is 1. The van der Waals surface area contributed by atoms with Crippen molar-refractivity contribution in [2.75, 3.05) is 0 Å². The molecule has 0 bridgehead atoms. The fourth-order valence-electron chi connectivity index (χ4n) is 2.01. The first-order valence-corrected chi connectivity index (χ1v) is 6.49. The van der Waals surface area contributed by atoms with Crippen molar-refractivity contribution in [2.24, 2.45) is 5.73 Å². The van der Waals surface area contributed by atoms with E-state index < -0.39 is 0 Å². The van der Waals surface area contributed by atoms with Crippen molar-refractivity contribution in [1.29, 1.82) is 0 Å². The van der Waals surface area contributed by atoms with Gasteiger partial charge < -0.3 is 5.73 Å². The molecule has 2 aromatic rings. The Hall–Kier alpha value is -2.28. The van der Waals surface area contributed by atoms with Gasteiger partial charge in [0.2, 0.25) is 0 Å². The van der Waals surface area contributed by atoms with Crippen molar-refractivity contribution in [2.45, 2.75) is 13.3 Å². The number of allylic oxidation sites excluding steroid dienone is 3. The summed E-state index contributed by atoms with van der Waals surface area (Å²) in [6.45, 7) is 2.06. The van der Waals surface area contributed by atoms with Crippen LogP contribution in [-0.2, 0) is 6.42 Å². The van der Waals surface area contributed by atoms with Crippen LogP contribution in [0.15, 0.2) is 78.5 Å². The van der Waals surface area contributed by atoms with Crippen LogP contribution in [0.5, 0.6) is 0 Å². The fraction of sp³-hybridized carbons (Fsp3) is 0.111. The fourth-order valence-corrected chi connectivity index (χ4v) is 2.01. The van der Waals surface area contributed by atoms with Crippen molar-refractivity contribution in [3.8, 4) is 11.1 Å². The Bertz CT molecular complexity index is 580. The van der Waals surface area contributed by atoms with Gasteiger partial charge in [0.05, 0.1) is 0 Å². The number of rotatable bonds is 4. The van der Waals surface area contributed by atoms with Crippen LogP contribution in [0, 0.1) is 0 Å². The van der Waals surface area contributed by atoms with E-state index in [1.807, 2.05) is 12.1 Å². The predicted molar refractivity (Wildman–Crippen MR) is 82.7 cm³/mol. The summed E-state index contributed by atoms with van der Waals surface area (Å²) in [6, 6.07) is 19.1. The summed E-state index contributed by atoms with van der Waals surface area (Å²) in [6.07, 6.45) is 6.61. The third-order valence-corrected chi connectivity index (χ3v) is 3.05. The Morgan fingerprint density at radius 3 is 2.47 bits per heavy atom. The van der Waals surface area contributed by atoms with Gasteiger partial charge in [-0.1, -0.05) is 66.2 Å². The van der Waals surface area contributed by atoms with E-state index in [2.05, 4.69) is 61.5 Å². The van der Waals surface area contributed by atoms with Gasteiger partial charge in [0.15, 0.2) is 0 Å². The van der Waals surface area contributed by atoms with Crippen LogP contribution in [-0.4, -0.2) is 0 Å². The average Bonchev–Trinajstić information content (AvgIpc) is 2.47. The minimum atomic E-state index is 0.927. The lowest BCUT2D eigenvalue weighted by molar-refractivity contribution is 1.24. The van der Waals surface area contributed by atoms with Crippen LogP contribution in [0.4, 0.5) is 0 Å². The van der Waals surface area contributed by atoms with Crippen LogP contribution >= 0.6 is 0 Å². The minimum Gasteiger partial charge on any atom is -0.405 e. The van der Waals surface area contributed by atoms with E-state index in [1.165, 1.54) is 22.3 Å². The Kier molecular flexibility index (Phi) is 4.57. The van der Waals surface area contributed by atoms with E-state index in [1.54, 1.807) is 6.20 Å². The normalized spacial score (nSPS) is 11.9. The van der Waals surface area contributed by atoms with Crippen molar-refractivity contribution in [3.63, 3.8) is 0 Å². The molecule has 2 N–H and O–H groups in total. The summed E-state index contributed by atoms with van der Waals surface area (Å²) in [7, 11) is 0. The lowest BCUT2D eigenvalue weighted by Crippen LogP contribution is -1.85. The third kappa shape index (κ3) is 3.85. The maximum atomic E-state index is 5.38. The van der Waals surface area contributed by atoms with Gasteiger partial charge in [-0.2, -0.15) is 0 Å². The summed E-state index contributed by atoms with van der Waals surface area (Å²) in [5.41, 5.74) is 10.4. The van der Waals surface area contributed by atoms with Crippen molar-refractivity contribution in [3.05, 3.63) is 84.1 Å². The Balaban J connectivity index is 2.19. The lowest BCUT2D eigenvalue weighted by Gasteiger charge is -2.04. The largest absolute Gasteiger partial charge is 0.405 e. The first-order chi connectivity index (χ1) is 9.29. The van der Waals surface area contributed by atoms with Crippen LogP contribution < -0.4 is 5.73 Å². The summed E-state index contributed by atoms with van der Waals surface area (Å²) in [5, 5.41) is 0. The molecule has 0 amide bonds. The molecule has 0 atom stereocenters. The number of benzene rings is 2. The highest BCUT2D eigenvalue weighted by Crippen LogP contribution is 2.20. The van der Waals surface area contributed by atoms with E-state index in [0.29, 0.717) is 0 Å². The molecule has 0 aliphatic heterocycles. The molecule has 0 spiro atoms. The second kappa shape index (κ2) is 6.60. The smallest absolute Gasteiger partial charge is 0.00598 e. The molecule has 96 valence electrons. The molecule has 0 radical (unpaired) electrons. The highest BCUT2D eigenvalue weighted by atomic mass is 14.5. The van der Waals surface area contributed by atoms with E-state index in [-0.39, 0.29) is 0 Å². The number of hydrogen-bond acceptors (Lipinski definition) is 1. The predicted octanol–water partition coefficient (Wildman–Crippen LogP) is 4.31. The first-order valence-electron chi connectivity index (χ1n) is 6.49. The Morgan fingerprint density at radius 1 is 1.00 bits per heavy atom. The Labute approximate surface area is 115 Å². The van der Waals surface area contributed by atoms with E-state index in [0.717, 1.165) is 6.42 Å². The molecule has 2 aromatic carbocycles. The lowest BCUT2D eigenvalue weighted by atomic mass is 10.0. The highest BCUT2D eigenvalue weighted by molar-refractivity contribution is 5.64. The second-order valence-corrected chi connectivity index (χ2v) is 4.58. The molecule has 0 aliphatic carbocycles. The maximum absolute atomic E-state index is 5.38. The van der Waals surface area contributed by atoms with Crippen LogP contribution in [0.2, 0.25) is 0 Å². The molecule has 0 unspecified atom stereocenters. The van der Waals surface area contributed by atoms with Gasteiger partial charge in [0, 0.05) is 0 Å². The van der Waals surface area contributed by atoms with Gasteiger partial charge in [0.1, 0.15) is 0 Å². The van der Waals surface area contributed by atoms with Crippen LogP contribution in [0.1, 0.15) is 12.5 Å². The molecule has 0 aromatic heterocycles. The van der Waals surface area contributed by atoms with E-state index >= 15 is 0 Å². The Morgan fingerprint density at radius 2 is 1.74 bits per heavy atom. The molecule has 1 heteroatoms. The SMILES string of the molecule is CC(/C=C\N)=C/Cc1cccc(-c2ccccc2)c1. The van der Waals surface area contributed by atoms with E-state index in [9.17, 15) is 0 Å². The van der Waals surface area contributed by atoms with Gasteiger partial charge in [-0.15, -0.1) is 0 Å². The van der Waals surface area contributed by atoms with Gasteiger partial charge in [-0.25, -0.2) is 0 Å². The minimum absolute atomic E-state index is 0.927. The quantitative estimate of drug-likeness (QED) is 0.803. The summed E-state index contributed by atoms with van der Waals surface area (Å²) >= 11 is 0. The second-order valence-electron chi connectivity index (χ2n) is 4.58. The van der Waals surface area contributed by atoms with Crippen molar-refractivity contribution < 1.29 is 0 Å². The van der Waals surface area contributed by atoms with E-state index in [4.69, 9.17) is 5.73 Å². The summed E-state index contributed by atoms with van der Waals surface area (Å²) < 4.78 is 0. The molecular weight excluding hydrogens is 230 g/mol. The molecule has 0 fully saturated rings. The molecular formula is C18H19N. The molecule has 0 heterocycles. The van der Waals surface area contributed by atoms with Gasteiger partial charge in [-0.05, 0) is 42.3 Å². The monoisotopic (exact) mass is 249 g/mol. The maximum Gasteiger partial charge on any atom is -0.00598 e. The summed E-state index contributed by atoms with van der Waals surface area (Å²) in [5.74, 6) is 0. The molecule has 19 heavy (non-hydrogen) atoms. The summed E-state index contributed by atoms with van der Waals surface area (Å²) in [4.78, 5) is 0. The third-order valence-electron chi connectivity index (χ3n) is 3.05. The molecule has 0 saturated heterocycles. The molecule has 1 nitrogen and oxygen atoms in total. The van der Waals surface area contributed by atoms with Crippen molar-refractivity contribution in [1.82, 2.24) is 0 Å². The van der Waals surface area contributed by atoms with Crippen LogP contribution in [0.3, 0.4) is 0 Å². The highest BCUT2D eigenvalue weighted by Gasteiger charge is 1.97. The topological polar surface area (TPSA) is 26.0 Å². The zero-order valence-electron chi connectivity index (χ0n) is 11.2. The zero-order valence-corrected chi connectivity index (χ0v) is 11.2. The average molecular weight is 249 g/mol. The number of nitrogens with two attached hydrogens (primary N) is 1. The van der Waals surface area contributed by atoms with Crippen molar-refractivity contribution >= 4 is 0 Å². The molecule has 2 rings (SSSR count). The van der Waals surface area contributed by atoms with Crippen LogP contribution in [0.25, 0.3) is 11.1 Å².